The van der Waals surface area contributed by atoms with E-state index in [1.165, 1.54) is 10.6 Å². The molecular formula is C15H25N3OS. The average Bonchev–Trinajstić information content (AvgIpc) is 2.70. The summed E-state index contributed by atoms with van der Waals surface area (Å²) in [6.07, 6.45) is 2.09. The lowest BCUT2D eigenvalue weighted by Gasteiger charge is -2.38. The molecule has 2 N–H and O–H groups in total. The maximum absolute atomic E-state index is 6.35. The Balaban J connectivity index is 1.87. The van der Waals surface area contributed by atoms with E-state index in [2.05, 4.69) is 32.6 Å². The third kappa shape index (κ3) is 2.71. The van der Waals surface area contributed by atoms with Gasteiger partial charge in [0.2, 0.25) is 0 Å². The van der Waals surface area contributed by atoms with Crippen LogP contribution < -0.4 is 10.6 Å². The molecule has 20 heavy (non-hydrogen) atoms. The van der Waals surface area contributed by atoms with Gasteiger partial charge in [0.25, 0.3) is 0 Å². The van der Waals surface area contributed by atoms with Crippen LogP contribution in [0.25, 0.3) is 0 Å². The molecule has 1 atom stereocenters. The number of hydrogen-bond donors (Lipinski definition) is 1. The summed E-state index contributed by atoms with van der Waals surface area (Å²) in [5.41, 5.74) is 7.74. The monoisotopic (exact) mass is 295 g/mol. The lowest BCUT2D eigenvalue weighted by Crippen LogP contribution is -2.48. The number of morpholine rings is 1. The summed E-state index contributed by atoms with van der Waals surface area (Å²) in [6, 6.07) is 0.147. The fourth-order valence-corrected chi connectivity index (χ4v) is 4.40. The van der Waals surface area contributed by atoms with Crippen LogP contribution in [0.2, 0.25) is 0 Å². The lowest BCUT2D eigenvalue weighted by atomic mass is 9.77. The Hall–Kier alpha value is -0.650. The Bertz CT molecular complexity index is 509. The molecule has 1 aliphatic carbocycles. The molecule has 1 aromatic heterocycles. The summed E-state index contributed by atoms with van der Waals surface area (Å²) in [6.45, 7) is 11.4. The predicted octanol–water partition coefficient (Wildman–Crippen LogP) is 2.73. The molecule has 5 heteroatoms. The van der Waals surface area contributed by atoms with Gasteiger partial charge in [0.1, 0.15) is 0 Å². The van der Waals surface area contributed by atoms with E-state index >= 15 is 0 Å². The van der Waals surface area contributed by atoms with Gasteiger partial charge in [0.05, 0.1) is 17.9 Å². The molecule has 1 saturated heterocycles. The number of anilines is 1. The Morgan fingerprint density at radius 2 is 2.10 bits per heavy atom. The van der Waals surface area contributed by atoms with Crippen LogP contribution in [-0.4, -0.2) is 30.3 Å². The van der Waals surface area contributed by atoms with E-state index in [-0.39, 0.29) is 17.1 Å². The second-order valence-electron chi connectivity index (χ2n) is 7.49. The highest BCUT2D eigenvalue weighted by Gasteiger charge is 2.35. The Morgan fingerprint density at radius 1 is 1.35 bits per heavy atom. The summed E-state index contributed by atoms with van der Waals surface area (Å²) in [4.78, 5) is 8.54. The summed E-state index contributed by atoms with van der Waals surface area (Å²) >= 11 is 1.79. The van der Waals surface area contributed by atoms with Crippen molar-refractivity contribution in [2.45, 2.75) is 52.2 Å². The molecule has 0 radical (unpaired) electrons. The number of fused-ring (bicyclic) bond motifs is 1. The van der Waals surface area contributed by atoms with E-state index in [1.54, 1.807) is 11.3 Å². The third-order valence-electron chi connectivity index (χ3n) is 4.17. The zero-order valence-corrected chi connectivity index (χ0v) is 13.7. The molecule has 2 aliphatic rings. The first-order valence-electron chi connectivity index (χ1n) is 7.40. The van der Waals surface area contributed by atoms with Crippen molar-refractivity contribution in [2.75, 3.05) is 24.6 Å². The van der Waals surface area contributed by atoms with Crippen LogP contribution in [0, 0.1) is 5.41 Å². The van der Waals surface area contributed by atoms with E-state index in [4.69, 9.17) is 15.5 Å². The molecular weight excluding hydrogens is 270 g/mol. The first-order valence-corrected chi connectivity index (χ1v) is 8.22. The lowest BCUT2D eigenvalue weighted by molar-refractivity contribution is -0.0277. The molecule has 2 heterocycles. The molecule has 0 spiro atoms. The van der Waals surface area contributed by atoms with Crippen LogP contribution in [0.1, 0.15) is 50.7 Å². The molecule has 1 unspecified atom stereocenters. The maximum Gasteiger partial charge on any atom is 0.186 e. The fraction of sp³-hybridized carbons (Fsp3) is 0.800. The van der Waals surface area contributed by atoms with Gasteiger partial charge in [-0.3, -0.25) is 0 Å². The summed E-state index contributed by atoms with van der Waals surface area (Å²) in [5.74, 6) is 0. The van der Waals surface area contributed by atoms with Gasteiger partial charge >= 0.3 is 0 Å². The van der Waals surface area contributed by atoms with Crippen LogP contribution in [0.15, 0.2) is 0 Å². The SMILES string of the molecule is CC1(C)Cc2nc(N3CCOC(C)(C)C3)sc2C(N)C1. The van der Waals surface area contributed by atoms with Gasteiger partial charge in [-0.05, 0) is 32.1 Å². The van der Waals surface area contributed by atoms with Crippen molar-refractivity contribution in [3.8, 4) is 0 Å². The largest absolute Gasteiger partial charge is 0.372 e. The van der Waals surface area contributed by atoms with Crippen molar-refractivity contribution < 1.29 is 4.74 Å². The van der Waals surface area contributed by atoms with Crippen molar-refractivity contribution >= 4 is 16.5 Å². The maximum atomic E-state index is 6.35. The zero-order valence-electron chi connectivity index (χ0n) is 12.9. The molecule has 1 aromatic rings. The highest BCUT2D eigenvalue weighted by molar-refractivity contribution is 7.15. The average molecular weight is 295 g/mol. The van der Waals surface area contributed by atoms with E-state index in [9.17, 15) is 0 Å². The van der Waals surface area contributed by atoms with E-state index in [0.717, 1.165) is 37.7 Å². The van der Waals surface area contributed by atoms with Crippen LogP contribution in [-0.2, 0) is 11.2 Å². The minimum absolute atomic E-state index is 0.0915. The number of aromatic nitrogens is 1. The van der Waals surface area contributed by atoms with Gasteiger partial charge < -0.3 is 15.4 Å². The van der Waals surface area contributed by atoms with Crippen LogP contribution in [0.5, 0.6) is 0 Å². The summed E-state index contributed by atoms with van der Waals surface area (Å²) in [7, 11) is 0. The molecule has 0 amide bonds. The van der Waals surface area contributed by atoms with Gasteiger partial charge in [0, 0.05) is 24.0 Å². The molecule has 3 rings (SSSR count). The first-order chi connectivity index (χ1) is 9.26. The van der Waals surface area contributed by atoms with Gasteiger partial charge in [0.15, 0.2) is 5.13 Å². The van der Waals surface area contributed by atoms with Gasteiger partial charge in [-0.1, -0.05) is 25.2 Å². The van der Waals surface area contributed by atoms with Crippen molar-refractivity contribution in [1.82, 2.24) is 4.98 Å². The molecule has 0 saturated carbocycles. The number of hydrogen-bond acceptors (Lipinski definition) is 5. The molecule has 1 fully saturated rings. The second-order valence-corrected chi connectivity index (χ2v) is 8.50. The molecule has 0 bridgehead atoms. The number of nitrogens with two attached hydrogens (primary N) is 1. The standard InChI is InChI=1S/C15H25N3OS/c1-14(2)7-10(16)12-11(8-14)17-13(20-12)18-5-6-19-15(3,4)9-18/h10H,5-9,16H2,1-4H3. The van der Waals surface area contributed by atoms with Crippen molar-refractivity contribution in [3.63, 3.8) is 0 Å². The van der Waals surface area contributed by atoms with Crippen LogP contribution in [0.3, 0.4) is 0 Å². The van der Waals surface area contributed by atoms with E-state index < -0.39 is 0 Å². The van der Waals surface area contributed by atoms with E-state index in [1.807, 2.05) is 0 Å². The molecule has 112 valence electrons. The van der Waals surface area contributed by atoms with Crippen molar-refractivity contribution in [3.05, 3.63) is 10.6 Å². The summed E-state index contributed by atoms with van der Waals surface area (Å²) in [5, 5.41) is 1.12. The number of rotatable bonds is 1. The number of ether oxygens (including phenoxy) is 1. The highest BCUT2D eigenvalue weighted by atomic mass is 32.1. The Morgan fingerprint density at radius 3 is 2.80 bits per heavy atom. The quantitative estimate of drug-likeness (QED) is 0.865. The smallest absolute Gasteiger partial charge is 0.186 e. The molecule has 0 aromatic carbocycles. The number of thiazole rings is 1. The van der Waals surface area contributed by atoms with Crippen LogP contribution in [0.4, 0.5) is 5.13 Å². The van der Waals surface area contributed by atoms with E-state index in [0.29, 0.717) is 0 Å². The molecule has 4 nitrogen and oxygen atoms in total. The Kier molecular flexibility index (Phi) is 3.35. The highest BCUT2D eigenvalue weighted by Crippen LogP contribution is 2.44. The third-order valence-corrected chi connectivity index (χ3v) is 5.46. The summed E-state index contributed by atoms with van der Waals surface area (Å²) < 4.78 is 5.78. The normalized spacial score (nSPS) is 28.2. The topological polar surface area (TPSA) is 51.4 Å². The van der Waals surface area contributed by atoms with Gasteiger partial charge in [-0.25, -0.2) is 4.98 Å². The van der Waals surface area contributed by atoms with Crippen molar-refractivity contribution in [1.29, 1.82) is 0 Å². The fourth-order valence-electron chi connectivity index (χ4n) is 3.30. The minimum atomic E-state index is -0.0915. The molecule has 1 aliphatic heterocycles. The van der Waals surface area contributed by atoms with Crippen molar-refractivity contribution in [2.24, 2.45) is 11.1 Å². The predicted molar refractivity (Wildman–Crippen MR) is 83.4 cm³/mol. The first kappa shape index (κ1) is 14.3. The Labute approximate surface area is 125 Å². The number of nitrogens with zero attached hydrogens (tertiary/aromatic N) is 2. The van der Waals surface area contributed by atoms with Crippen LogP contribution >= 0.6 is 11.3 Å². The van der Waals surface area contributed by atoms with Gasteiger partial charge in [-0.2, -0.15) is 0 Å². The second kappa shape index (κ2) is 4.68. The minimum Gasteiger partial charge on any atom is -0.372 e. The van der Waals surface area contributed by atoms with Gasteiger partial charge in [-0.15, -0.1) is 0 Å². The zero-order chi connectivity index (χ0) is 14.5.